The van der Waals surface area contributed by atoms with Crippen LogP contribution in [0.25, 0.3) is 0 Å². The van der Waals surface area contributed by atoms with Crippen LogP contribution in [-0.2, 0) is 13.1 Å². The van der Waals surface area contributed by atoms with E-state index in [0.29, 0.717) is 5.11 Å². The minimum absolute atomic E-state index is 0.0711. The number of anilines is 1. The molecule has 0 bridgehead atoms. The van der Waals surface area contributed by atoms with Crippen LogP contribution in [0.3, 0.4) is 0 Å². The molecule has 0 spiro atoms. The van der Waals surface area contributed by atoms with Crippen molar-refractivity contribution in [3.05, 3.63) is 51.8 Å². The molecule has 0 amide bonds. The van der Waals surface area contributed by atoms with Gasteiger partial charge >= 0.3 is 0 Å². The summed E-state index contributed by atoms with van der Waals surface area (Å²) in [5, 5.41) is 19.0. The Hall–Kier alpha value is -2.52. The molecule has 0 aliphatic carbocycles. The number of hydrogen-bond donors (Lipinski definition) is 1. The Morgan fingerprint density at radius 3 is 2.48 bits per heavy atom. The maximum absolute atomic E-state index is 10.7. The first-order valence-electron chi connectivity index (χ1n) is 9.02. The number of aromatic nitrogens is 2. The maximum Gasteiger partial charge on any atom is 0.269 e. The number of thiocarbonyl (C=S) groups is 1. The van der Waals surface area contributed by atoms with E-state index >= 15 is 0 Å². The van der Waals surface area contributed by atoms with Gasteiger partial charge in [0, 0.05) is 68.3 Å². The fraction of sp³-hybridized carbons (Fsp3) is 0.444. The number of nitrogens with zero attached hydrogens (tertiary/aromatic N) is 5. The van der Waals surface area contributed by atoms with Crippen molar-refractivity contribution in [3.8, 4) is 0 Å². The second-order valence-corrected chi connectivity index (χ2v) is 6.96. The SMILES string of the molecule is CCn1ncc(CN2CCN(C(=S)Nc3ccc([N+](=O)[O-])cc3)CC2)c1C. The second kappa shape index (κ2) is 8.45. The fourth-order valence-electron chi connectivity index (χ4n) is 3.18. The Kier molecular flexibility index (Phi) is 6.02. The summed E-state index contributed by atoms with van der Waals surface area (Å²) in [6.45, 7) is 9.56. The molecule has 27 heavy (non-hydrogen) atoms. The van der Waals surface area contributed by atoms with Crippen LogP contribution in [0.2, 0.25) is 0 Å². The largest absolute Gasteiger partial charge is 0.346 e. The molecular formula is C18H24N6O2S. The van der Waals surface area contributed by atoms with Crippen molar-refractivity contribution < 1.29 is 4.92 Å². The number of non-ortho nitro benzene ring substituents is 1. The van der Waals surface area contributed by atoms with E-state index in [0.717, 1.165) is 45.0 Å². The van der Waals surface area contributed by atoms with Crippen molar-refractivity contribution >= 4 is 28.7 Å². The molecule has 144 valence electrons. The van der Waals surface area contributed by atoms with E-state index in [1.807, 2.05) is 10.9 Å². The van der Waals surface area contributed by atoms with Crippen LogP contribution >= 0.6 is 12.2 Å². The monoisotopic (exact) mass is 388 g/mol. The van der Waals surface area contributed by atoms with Crippen LogP contribution in [0.5, 0.6) is 0 Å². The average molecular weight is 388 g/mol. The molecule has 8 nitrogen and oxygen atoms in total. The summed E-state index contributed by atoms with van der Waals surface area (Å²) in [6.07, 6.45) is 1.96. The molecule has 0 atom stereocenters. The highest BCUT2D eigenvalue weighted by Crippen LogP contribution is 2.17. The average Bonchev–Trinajstić information content (AvgIpc) is 3.02. The van der Waals surface area contributed by atoms with Gasteiger partial charge in [0.25, 0.3) is 5.69 Å². The normalized spacial score (nSPS) is 15.0. The Labute approximate surface area is 163 Å². The Morgan fingerprint density at radius 1 is 1.26 bits per heavy atom. The van der Waals surface area contributed by atoms with Crippen LogP contribution in [0.4, 0.5) is 11.4 Å². The maximum atomic E-state index is 10.7. The molecule has 1 aliphatic heterocycles. The van der Waals surface area contributed by atoms with Crippen molar-refractivity contribution in [2.75, 3.05) is 31.5 Å². The molecule has 3 rings (SSSR count). The van der Waals surface area contributed by atoms with Gasteiger partial charge in [0.2, 0.25) is 0 Å². The van der Waals surface area contributed by atoms with Gasteiger partial charge in [0.15, 0.2) is 5.11 Å². The minimum Gasteiger partial charge on any atom is -0.346 e. The summed E-state index contributed by atoms with van der Waals surface area (Å²) in [5.41, 5.74) is 3.34. The van der Waals surface area contributed by atoms with Crippen LogP contribution in [0.1, 0.15) is 18.2 Å². The lowest BCUT2D eigenvalue weighted by Gasteiger charge is -2.36. The topological polar surface area (TPSA) is 79.5 Å². The molecule has 1 aromatic carbocycles. The predicted octanol–water partition coefficient (Wildman–Crippen LogP) is 2.63. The van der Waals surface area contributed by atoms with Gasteiger partial charge < -0.3 is 10.2 Å². The zero-order valence-electron chi connectivity index (χ0n) is 15.6. The second-order valence-electron chi connectivity index (χ2n) is 6.57. The van der Waals surface area contributed by atoms with E-state index in [4.69, 9.17) is 12.2 Å². The van der Waals surface area contributed by atoms with Crippen molar-refractivity contribution in [1.82, 2.24) is 19.6 Å². The number of hydrogen-bond acceptors (Lipinski definition) is 5. The van der Waals surface area contributed by atoms with E-state index in [-0.39, 0.29) is 5.69 Å². The third kappa shape index (κ3) is 4.61. The van der Waals surface area contributed by atoms with E-state index in [2.05, 4.69) is 34.1 Å². The van der Waals surface area contributed by atoms with Gasteiger partial charge in [-0.05, 0) is 38.2 Å². The molecule has 2 heterocycles. The molecule has 1 aliphatic rings. The van der Waals surface area contributed by atoms with Crippen LogP contribution < -0.4 is 5.32 Å². The van der Waals surface area contributed by atoms with Crippen LogP contribution in [0, 0.1) is 17.0 Å². The minimum atomic E-state index is -0.409. The highest BCUT2D eigenvalue weighted by Gasteiger charge is 2.20. The third-order valence-electron chi connectivity index (χ3n) is 4.89. The number of nitro benzene ring substituents is 1. The van der Waals surface area contributed by atoms with E-state index in [1.165, 1.54) is 23.4 Å². The Bertz CT molecular complexity index is 812. The molecule has 2 aromatic rings. The number of nitro groups is 1. The molecule has 1 N–H and O–H groups in total. The zero-order valence-corrected chi connectivity index (χ0v) is 16.4. The summed E-state index contributed by atoms with van der Waals surface area (Å²) in [7, 11) is 0. The Morgan fingerprint density at radius 2 is 1.93 bits per heavy atom. The molecule has 0 saturated carbocycles. The van der Waals surface area contributed by atoms with Gasteiger partial charge in [-0.25, -0.2) is 0 Å². The summed E-state index contributed by atoms with van der Waals surface area (Å²) >= 11 is 5.50. The number of rotatable bonds is 5. The van der Waals surface area contributed by atoms with Crippen molar-refractivity contribution in [2.24, 2.45) is 0 Å². The molecule has 0 unspecified atom stereocenters. The van der Waals surface area contributed by atoms with Gasteiger partial charge in [-0.15, -0.1) is 0 Å². The zero-order chi connectivity index (χ0) is 19.4. The van der Waals surface area contributed by atoms with Gasteiger partial charge in [-0.1, -0.05) is 0 Å². The summed E-state index contributed by atoms with van der Waals surface area (Å²) in [6, 6.07) is 6.30. The lowest BCUT2D eigenvalue weighted by Crippen LogP contribution is -2.49. The van der Waals surface area contributed by atoms with Gasteiger partial charge in [-0.3, -0.25) is 19.7 Å². The molecular weight excluding hydrogens is 364 g/mol. The molecule has 9 heteroatoms. The van der Waals surface area contributed by atoms with Crippen LogP contribution in [0.15, 0.2) is 30.5 Å². The standard InChI is InChI=1S/C18H24N6O2S/c1-3-23-14(2)15(12-19-23)13-21-8-10-22(11-9-21)18(27)20-16-4-6-17(7-5-16)24(25)26/h4-7,12H,3,8-11,13H2,1-2H3,(H,20,27). The first kappa shape index (κ1) is 19.2. The Balaban J connectivity index is 1.50. The number of piperazine rings is 1. The highest BCUT2D eigenvalue weighted by molar-refractivity contribution is 7.80. The molecule has 0 radical (unpaired) electrons. The summed E-state index contributed by atoms with van der Waals surface area (Å²) < 4.78 is 2.02. The lowest BCUT2D eigenvalue weighted by molar-refractivity contribution is -0.384. The van der Waals surface area contributed by atoms with E-state index in [9.17, 15) is 10.1 Å². The van der Waals surface area contributed by atoms with Crippen molar-refractivity contribution in [2.45, 2.75) is 26.9 Å². The highest BCUT2D eigenvalue weighted by atomic mass is 32.1. The van der Waals surface area contributed by atoms with Crippen LogP contribution in [-0.4, -0.2) is 55.8 Å². The lowest BCUT2D eigenvalue weighted by atomic mass is 10.2. The number of benzene rings is 1. The summed E-state index contributed by atoms with van der Waals surface area (Å²) in [5.74, 6) is 0. The van der Waals surface area contributed by atoms with Gasteiger partial charge in [0.1, 0.15) is 0 Å². The first-order chi connectivity index (χ1) is 13.0. The fourth-order valence-corrected chi connectivity index (χ4v) is 3.48. The summed E-state index contributed by atoms with van der Waals surface area (Å²) in [4.78, 5) is 14.9. The molecule has 1 fully saturated rings. The van der Waals surface area contributed by atoms with E-state index < -0.39 is 4.92 Å². The van der Waals surface area contributed by atoms with Crippen molar-refractivity contribution in [3.63, 3.8) is 0 Å². The third-order valence-corrected chi connectivity index (χ3v) is 5.25. The van der Waals surface area contributed by atoms with E-state index in [1.54, 1.807) is 12.1 Å². The van der Waals surface area contributed by atoms with Crippen molar-refractivity contribution in [1.29, 1.82) is 0 Å². The number of nitrogens with one attached hydrogen (secondary N) is 1. The smallest absolute Gasteiger partial charge is 0.269 e. The first-order valence-corrected chi connectivity index (χ1v) is 9.42. The molecule has 1 saturated heterocycles. The predicted molar refractivity (Wildman–Crippen MR) is 109 cm³/mol. The van der Waals surface area contributed by atoms with Gasteiger partial charge in [-0.2, -0.15) is 5.10 Å². The number of aryl methyl sites for hydroxylation is 1. The molecule has 1 aromatic heterocycles. The quantitative estimate of drug-likeness (QED) is 0.479. The van der Waals surface area contributed by atoms with Gasteiger partial charge in [0.05, 0.1) is 11.1 Å².